The highest BCUT2D eigenvalue weighted by molar-refractivity contribution is 7.99. The lowest BCUT2D eigenvalue weighted by atomic mass is 10.2. The van der Waals surface area contributed by atoms with Crippen molar-refractivity contribution in [3.05, 3.63) is 11.6 Å². The molecular weight excluding hydrogens is 120 g/mol. The highest BCUT2D eigenvalue weighted by atomic mass is 32.2. The summed E-state index contributed by atoms with van der Waals surface area (Å²) < 4.78 is 0. The van der Waals surface area contributed by atoms with E-state index in [0.29, 0.717) is 0 Å². The van der Waals surface area contributed by atoms with Crippen molar-refractivity contribution < 1.29 is 5.11 Å². The van der Waals surface area contributed by atoms with E-state index in [4.69, 9.17) is 5.11 Å². The zero-order chi connectivity index (χ0) is 5.82. The number of aliphatic hydroxyl groups excluding tert-OH is 1. The maximum absolute atomic E-state index is 8.44. The van der Waals surface area contributed by atoms with Gasteiger partial charge in [0.05, 0.1) is 6.61 Å². The van der Waals surface area contributed by atoms with Crippen molar-refractivity contribution in [2.45, 2.75) is 6.42 Å². The van der Waals surface area contributed by atoms with Crippen molar-refractivity contribution in [1.29, 1.82) is 0 Å². The monoisotopic (exact) mass is 130 g/mol. The lowest BCUT2D eigenvalue weighted by Crippen LogP contribution is -1.80. The van der Waals surface area contributed by atoms with E-state index in [9.17, 15) is 0 Å². The minimum Gasteiger partial charge on any atom is -0.392 e. The molecule has 1 nitrogen and oxygen atoms in total. The number of thioether (sulfide) groups is 1. The summed E-state index contributed by atoms with van der Waals surface area (Å²) in [5, 5.41) is 8.44. The third-order valence-electron chi connectivity index (χ3n) is 1.23. The predicted molar refractivity (Wildman–Crippen MR) is 37.1 cm³/mol. The van der Waals surface area contributed by atoms with E-state index in [-0.39, 0.29) is 6.61 Å². The molecule has 0 spiro atoms. The minimum absolute atomic E-state index is 0.218. The van der Waals surface area contributed by atoms with Crippen molar-refractivity contribution in [2.75, 3.05) is 18.1 Å². The molecule has 1 aliphatic rings. The van der Waals surface area contributed by atoms with Crippen LogP contribution in [-0.2, 0) is 0 Å². The highest BCUT2D eigenvalue weighted by Gasteiger charge is 2.04. The van der Waals surface area contributed by atoms with E-state index in [2.05, 4.69) is 0 Å². The Morgan fingerprint density at radius 1 is 1.75 bits per heavy atom. The second-order valence-corrected chi connectivity index (χ2v) is 2.95. The molecule has 1 rings (SSSR count). The Morgan fingerprint density at radius 2 is 2.62 bits per heavy atom. The van der Waals surface area contributed by atoms with Crippen LogP contribution >= 0.6 is 11.8 Å². The van der Waals surface area contributed by atoms with E-state index < -0.39 is 0 Å². The van der Waals surface area contributed by atoms with Crippen LogP contribution in [0.25, 0.3) is 0 Å². The normalized spacial score (nSPS) is 24.9. The Labute approximate surface area is 53.8 Å². The Bertz CT molecular complexity index is 90.7. The summed E-state index contributed by atoms with van der Waals surface area (Å²) in [6.45, 7) is 0.218. The number of hydrogen-bond acceptors (Lipinski definition) is 2. The fourth-order valence-electron chi connectivity index (χ4n) is 0.769. The Kier molecular flexibility index (Phi) is 2.43. The number of rotatable bonds is 1. The van der Waals surface area contributed by atoms with Crippen LogP contribution in [0.4, 0.5) is 0 Å². The molecule has 1 fully saturated rings. The van der Waals surface area contributed by atoms with Crippen LogP contribution in [0.2, 0.25) is 0 Å². The summed E-state index contributed by atoms with van der Waals surface area (Å²) in [5.74, 6) is 2.38. The summed E-state index contributed by atoms with van der Waals surface area (Å²) in [7, 11) is 0. The standard InChI is InChI=1S/C6H10OS/c7-3-1-6-2-4-8-5-6/h1,7H,2-5H2/b6-1+. The largest absolute Gasteiger partial charge is 0.392 e. The van der Waals surface area contributed by atoms with Gasteiger partial charge >= 0.3 is 0 Å². The second kappa shape index (κ2) is 3.15. The number of hydrogen-bond donors (Lipinski definition) is 1. The van der Waals surface area contributed by atoms with Crippen LogP contribution in [0.3, 0.4) is 0 Å². The predicted octanol–water partition coefficient (Wildman–Crippen LogP) is 1.04. The fraction of sp³-hybridized carbons (Fsp3) is 0.667. The molecular formula is C6H10OS. The van der Waals surface area contributed by atoms with Crippen LogP contribution in [0, 0.1) is 0 Å². The molecule has 0 atom stereocenters. The van der Waals surface area contributed by atoms with Crippen molar-refractivity contribution in [2.24, 2.45) is 0 Å². The average Bonchev–Trinajstić information content (AvgIpc) is 2.19. The molecule has 0 amide bonds. The van der Waals surface area contributed by atoms with Crippen LogP contribution in [-0.4, -0.2) is 23.2 Å². The smallest absolute Gasteiger partial charge is 0.0615 e. The van der Waals surface area contributed by atoms with Gasteiger partial charge in [-0.15, -0.1) is 0 Å². The van der Waals surface area contributed by atoms with Gasteiger partial charge in [0, 0.05) is 5.75 Å². The molecule has 0 aromatic heterocycles. The van der Waals surface area contributed by atoms with Crippen molar-refractivity contribution >= 4 is 11.8 Å². The van der Waals surface area contributed by atoms with Gasteiger partial charge in [0.2, 0.25) is 0 Å². The molecule has 0 aromatic carbocycles. The van der Waals surface area contributed by atoms with Gasteiger partial charge in [-0.2, -0.15) is 11.8 Å². The van der Waals surface area contributed by atoms with E-state index >= 15 is 0 Å². The van der Waals surface area contributed by atoms with Gasteiger partial charge in [-0.1, -0.05) is 11.6 Å². The fourth-order valence-corrected chi connectivity index (χ4v) is 1.84. The zero-order valence-electron chi connectivity index (χ0n) is 4.76. The molecule has 0 aromatic rings. The molecule has 2 heteroatoms. The van der Waals surface area contributed by atoms with Crippen molar-refractivity contribution in [3.8, 4) is 0 Å². The van der Waals surface area contributed by atoms with Crippen molar-refractivity contribution in [1.82, 2.24) is 0 Å². The summed E-state index contributed by atoms with van der Waals surface area (Å²) in [4.78, 5) is 0. The van der Waals surface area contributed by atoms with Crippen LogP contribution in [0.5, 0.6) is 0 Å². The third kappa shape index (κ3) is 1.53. The van der Waals surface area contributed by atoms with E-state index in [1.165, 1.54) is 17.7 Å². The molecule has 1 heterocycles. The highest BCUT2D eigenvalue weighted by Crippen LogP contribution is 2.21. The molecule has 0 saturated carbocycles. The van der Waals surface area contributed by atoms with Crippen LogP contribution < -0.4 is 0 Å². The maximum atomic E-state index is 8.44. The van der Waals surface area contributed by atoms with Gasteiger partial charge < -0.3 is 5.11 Å². The van der Waals surface area contributed by atoms with Crippen LogP contribution in [0.1, 0.15) is 6.42 Å². The third-order valence-corrected chi connectivity index (χ3v) is 2.30. The van der Waals surface area contributed by atoms with Gasteiger partial charge in [0.1, 0.15) is 0 Å². The van der Waals surface area contributed by atoms with Gasteiger partial charge in [-0.25, -0.2) is 0 Å². The Balaban J connectivity index is 2.33. The molecule has 1 N–H and O–H groups in total. The maximum Gasteiger partial charge on any atom is 0.0615 e. The summed E-state index contributed by atoms with van der Waals surface area (Å²) in [5.41, 5.74) is 1.41. The van der Waals surface area contributed by atoms with E-state index in [0.717, 1.165) is 5.75 Å². The first-order valence-corrected chi connectivity index (χ1v) is 3.95. The minimum atomic E-state index is 0.218. The lowest BCUT2D eigenvalue weighted by molar-refractivity contribution is 0.341. The average molecular weight is 130 g/mol. The first-order valence-electron chi connectivity index (χ1n) is 2.80. The molecule has 0 bridgehead atoms. The van der Waals surface area contributed by atoms with Gasteiger partial charge in [-0.05, 0) is 12.2 Å². The second-order valence-electron chi connectivity index (χ2n) is 1.85. The topological polar surface area (TPSA) is 20.2 Å². The molecule has 0 aliphatic carbocycles. The van der Waals surface area contributed by atoms with Crippen LogP contribution in [0.15, 0.2) is 11.6 Å². The SMILES string of the molecule is OC/C=C1\CCSC1. The summed E-state index contributed by atoms with van der Waals surface area (Å²) >= 11 is 1.94. The van der Waals surface area contributed by atoms with Gasteiger partial charge in [-0.3, -0.25) is 0 Å². The molecule has 8 heavy (non-hydrogen) atoms. The Hall–Kier alpha value is 0.0500. The Morgan fingerprint density at radius 3 is 3.12 bits per heavy atom. The summed E-state index contributed by atoms with van der Waals surface area (Å²) in [6.07, 6.45) is 3.10. The summed E-state index contributed by atoms with van der Waals surface area (Å²) in [6, 6.07) is 0. The van der Waals surface area contributed by atoms with Gasteiger partial charge in [0.25, 0.3) is 0 Å². The van der Waals surface area contributed by atoms with E-state index in [1.807, 2.05) is 17.8 Å². The molecule has 46 valence electrons. The van der Waals surface area contributed by atoms with Gasteiger partial charge in [0.15, 0.2) is 0 Å². The molecule has 0 unspecified atom stereocenters. The molecule has 0 radical (unpaired) electrons. The number of aliphatic hydroxyl groups is 1. The molecule has 1 saturated heterocycles. The first-order chi connectivity index (χ1) is 3.93. The van der Waals surface area contributed by atoms with E-state index in [1.54, 1.807) is 0 Å². The zero-order valence-corrected chi connectivity index (χ0v) is 5.58. The van der Waals surface area contributed by atoms with Crippen molar-refractivity contribution in [3.63, 3.8) is 0 Å². The first kappa shape index (κ1) is 6.17. The molecule has 1 aliphatic heterocycles. The lowest BCUT2D eigenvalue weighted by Gasteiger charge is -1.87. The quantitative estimate of drug-likeness (QED) is 0.535.